The van der Waals surface area contributed by atoms with E-state index >= 15 is 0 Å². The number of amides is 2. The van der Waals surface area contributed by atoms with Crippen LogP contribution in [0, 0.1) is 6.92 Å². The first-order valence-electron chi connectivity index (χ1n) is 11.4. The number of aryl methyl sites for hydroxylation is 1. The van der Waals surface area contributed by atoms with Gasteiger partial charge in [0.2, 0.25) is 0 Å². The Kier molecular flexibility index (Phi) is 5.57. The number of carbonyl (C=O) groups excluding carboxylic acids is 2. The molecule has 9 nitrogen and oxygen atoms in total. The summed E-state index contributed by atoms with van der Waals surface area (Å²) in [6, 6.07) is 7.43. The number of ether oxygens (including phenoxy) is 2. The Morgan fingerprint density at radius 2 is 1.97 bits per heavy atom. The largest absolute Gasteiger partial charge is 0.493 e. The molecule has 1 fully saturated rings. The van der Waals surface area contributed by atoms with Crippen molar-refractivity contribution in [1.82, 2.24) is 14.9 Å². The third-order valence-electron chi connectivity index (χ3n) is 6.22. The van der Waals surface area contributed by atoms with Gasteiger partial charge < -0.3 is 25.4 Å². The van der Waals surface area contributed by atoms with E-state index in [0.29, 0.717) is 47.7 Å². The van der Waals surface area contributed by atoms with Gasteiger partial charge in [-0.1, -0.05) is 6.07 Å². The van der Waals surface area contributed by atoms with Gasteiger partial charge in [-0.25, -0.2) is 4.98 Å². The average Bonchev–Trinajstić information content (AvgIpc) is 3.28. The number of anilines is 2. The van der Waals surface area contributed by atoms with Crippen molar-refractivity contribution >= 4 is 34.1 Å². The van der Waals surface area contributed by atoms with E-state index in [1.807, 2.05) is 32.0 Å². The number of nitrogens with two attached hydrogens (primary N) is 1. The average molecular weight is 462 g/mol. The van der Waals surface area contributed by atoms with Crippen LogP contribution in [-0.4, -0.2) is 58.6 Å². The molecule has 2 aliphatic rings. The van der Waals surface area contributed by atoms with Crippen molar-refractivity contribution in [3.05, 3.63) is 53.0 Å². The summed E-state index contributed by atoms with van der Waals surface area (Å²) in [6.45, 7) is 7.28. The van der Waals surface area contributed by atoms with Crippen LogP contribution >= 0.6 is 0 Å². The van der Waals surface area contributed by atoms with E-state index < -0.39 is 5.91 Å². The van der Waals surface area contributed by atoms with E-state index in [1.54, 1.807) is 17.9 Å². The summed E-state index contributed by atoms with van der Waals surface area (Å²) < 4.78 is 11.4. The highest BCUT2D eigenvalue weighted by molar-refractivity contribution is 6.09. The fourth-order valence-electron chi connectivity index (χ4n) is 4.77. The number of carbonyl (C=O) groups is 2. The highest BCUT2D eigenvalue weighted by Crippen LogP contribution is 2.36. The number of benzene rings is 1. The summed E-state index contributed by atoms with van der Waals surface area (Å²) in [5, 5.41) is 4.00. The number of aromatic nitrogens is 2. The zero-order chi connectivity index (χ0) is 24.0. The molecule has 1 saturated heterocycles. The molecule has 2 aromatic heterocycles. The SMILES string of the molecule is Cc1nc(C(=O)N2CC(C)OC(C)C2)cc2c(Nc3cccc4c3CCO4)c(C(N)=O)cnc12. The lowest BCUT2D eigenvalue weighted by molar-refractivity contribution is -0.0587. The lowest BCUT2D eigenvalue weighted by Crippen LogP contribution is -2.48. The smallest absolute Gasteiger partial charge is 0.272 e. The Balaban J connectivity index is 1.63. The number of nitrogens with one attached hydrogen (secondary N) is 1. The van der Waals surface area contributed by atoms with Crippen molar-refractivity contribution in [3.8, 4) is 5.75 Å². The summed E-state index contributed by atoms with van der Waals surface area (Å²) in [5.41, 5.74) is 9.78. The highest BCUT2D eigenvalue weighted by Gasteiger charge is 2.28. The molecule has 34 heavy (non-hydrogen) atoms. The molecule has 0 spiro atoms. The Morgan fingerprint density at radius 3 is 2.71 bits per heavy atom. The van der Waals surface area contributed by atoms with Crippen LogP contribution in [0.3, 0.4) is 0 Å². The second-order valence-electron chi connectivity index (χ2n) is 8.87. The Labute approximate surface area is 197 Å². The van der Waals surface area contributed by atoms with Crippen LogP contribution in [0.15, 0.2) is 30.5 Å². The Morgan fingerprint density at radius 1 is 1.21 bits per heavy atom. The minimum absolute atomic E-state index is 0.0583. The first-order chi connectivity index (χ1) is 16.3. The third kappa shape index (κ3) is 3.92. The summed E-state index contributed by atoms with van der Waals surface area (Å²) in [4.78, 5) is 36.5. The predicted molar refractivity (Wildman–Crippen MR) is 128 cm³/mol. The number of primary amides is 1. The van der Waals surface area contributed by atoms with E-state index in [2.05, 4.69) is 15.3 Å². The van der Waals surface area contributed by atoms with Gasteiger partial charge in [0.1, 0.15) is 11.4 Å². The summed E-state index contributed by atoms with van der Waals surface area (Å²) in [7, 11) is 0. The van der Waals surface area contributed by atoms with E-state index in [4.69, 9.17) is 15.2 Å². The molecule has 4 heterocycles. The van der Waals surface area contributed by atoms with Gasteiger partial charge in [-0.15, -0.1) is 0 Å². The zero-order valence-electron chi connectivity index (χ0n) is 19.4. The molecule has 2 atom stereocenters. The molecule has 0 aliphatic carbocycles. The van der Waals surface area contributed by atoms with E-state index in [-0.39, 0.29) is 23.7 Å². The second-order valence-corrected chi connectivity index (χ2v) is 8.87. The summed E-state index contributed by atoms with van der Waals surface area (Å²) in [5.74, 6) is 0.0172. The fraction of sp³-hybridized carbons (Fsp3) is 0.360. The van der Waals surface area contributed by atoms with Gasteiger partial charge in [-0.05, 0) is 39.0 Å². The first-order valence-corrected chi connectivity index (χ1v) is 11.4. The number of hydrogen-bond acceptors (Lipinski definition) is 7. The maximum Gasteiger partial charge on any atom is 0.272 e. The van der Waals surface area contributed by atoms with Crippen LogP contribution in [-0.2, 0) is 11.2 Å². The van der Waals surface area contributed by atoms with E-state index in [9.17, 15) is 9.59 Å². The third-order valence-corrected chi connectivity index (χ3v) is 6.22. The number of pyridine rings is 2. The molecule has 176 valence electrons. The number of hydrogen-bond donors (Lipinski definition) is 2. The number of nitrogens with zero attached hydrogens (tertiary/aromatic N) is 3. The molecule has 1 aromatic carbocycles. The van der Waals surface area contributed by atoms with Crippen LogP contribution in [0.5, 0.6) is 5.75 Å². The topological polar surface area (TPSA) is 120 Å². The van der Waals surface area contributed by atoms with Gasteiger partial charge in [0, 0.05) is 42.3 Å². The highest BCUT2D eigenvalue weighted by atomic mass is 16.5. The molecule has 0 radical (unpaired) electrons. The first kappa shape index (κ1) is 22.1. The number of fused-ring (bicyclic) bond motifs is 2. The van der Waals surface area contributed by atoms with Gasteiger partial charge >= 0.3 is 0 Å². The molecule has 9 heteroatoms. The lowest BCUT2D eigenvalue weighted by atomic mass is 10.0. The predicted octanol–water partition coefficient (Wildman–Crippen LogP) is 2.97. The Bertz CT molecular complexity index is 1300. The van der Waals surface area contributed by atoms with Crippen molar-refractivity contribution in [1.29, 1.82) is 0 Å². The number of morpholine rings is 1. The minimum Gasteiger partial charge on any atom is -0.493 e. The van der Waals surface area contributed by atoms with Crippen molar-refractivity contribution in [2.45, 2.75) is 39.4 Å². The lowest BCUT2D eigenvalue weighted by Gasteiger charge is -2.35. The minimum atomic E-state index is -0.612. The van der Waals surface area contributed by atoms with Gasteiger partial charge in [0.05, 0.1) is 41.3 Å². The molecular formula is C25H27N5O4. The Hall–Kier alpha value is -3.72. The van der Waals surface area contributed by atoms with Gasteiger partial charge in [0.25, 0.3) is 11.8 Å². The molecule has 2 amide bonds. The molecule has 2 aliphatic heterocycles. The van der Waals surface area contributed by atoms with E-state index in [0.717, 1.165) is 23.4 Å². The van der Waals surface area contributed by atoms with E-state index in [1.165, 1.54) is 6.20 Å². The monoisotopic (exact) mass is 461 g/mol. The van der Waals surface area contributed by atoms with Gasteiger partial charge in [-0.2, -0.15) is 0 Å². The van der Waals surface area contributed by atoms with Crippen molar-refractivity contribution in [2.75, 3.05) is 25.0 Å². The van der Waals surface area contributed by atoms with Crippen LogP contribution in [0.1, 0.15) is 46.0 Å². The maximum absolute atomic E-state index is 13.4. The van der Waals surface area contributed by atoms with Crippen LogP contribution < -0.4 is 15.8 Å². The molecule has 5 rings (SSSR count). The van der Waals surface area contributed by atoms with Crippen LogP contribution in [0.2, 0.25) is 0 Å². The zero-order valence-corrected chi connectivity index (χ0v) is 19.4. The van der Waals surface area contributed by atoms with Gasteiger partial charge in [0.15, 0.2) is 0 Å². The molecular weight excluding hydrogens is 434 g/mol. The van der Waals surface area contributed by atoms with Crippen LogP contribution in [0.25, 0.3) is 10.9 Å². The molecule has 0 bridgehead atoms. The van der Waals surface area contributed by atoms with Crippen molar-refractivity contribution in [2.24, 2.45) is 5.73 Å². The van der Waals surface area contributed by atoms with Gasteiger partial charge in [-0.3, -0.25) is 14.6 Å². The standard InChI is InChI=1S/C25H27N5O4/c1-13-11-30(12-14(2)34-13)25(32)20-9-17-22(15(3)28-20)27-10-18(24(26)31)23(17)29-19-5-4-6-21-16(19)7-8-33-21/h4-6,9-10,13-14H,7-8,11-12H2,1-3H3,(H2,26,31)(H,27,29). The normalized spacial score (nSPS) is 19.6. The van der Waals surface area contributed by atoms with Crippen molar-refractivity contribution < 1.29 is 19.1 Å². The molecule has 2 unspecified atom stereocenters. The van der Waals surface area contributed by atoms with Crippen LogP contribution in [0.4, 0.5) is 11.4 Å². The van der Waals surface area contributed by atoms with Crippen molar-refractivity contribution in [3.63, 3.8) is 0 Å². The second kappa shape index (κ2) is 8.57. The number of rotatable bonds is 4. The maximum atomic E-state index is 13.4. The molecule has 0 saturated carbocycles. The fourth-order valence-corrected chi connectivity index (χ4v) is 4.77. The quantitative estimate of drug-likeness (QED) is 0.613. The molecule has 3 aromatic rings. The summed E-state index contributed by atoms with van der Waals surface area (Å²) in [6.07, 6.45) is 2.09. The molecule has 3 N–H and O–H groups in total. The summed E-state index contributed by atoms with van der Waals surface area (Å²) >= 11 is 0.